The van der Waals surface area contributed by atoms with Crippen LogP contribution in [0.15, 0.2) is 18.2 Å². The molecule has 0 aliphatic rings. The first-order valence-electron chi connectivity index (χ1n) is 5.51. The first-order chi connectivity index (χ1) is 9.01. The van der Waals surface area contributed by atoms with Crippen molar-refractivity contribution in [3.63, 3.8) is 0 Å². The molecular weight excluding hydrogens is 254 g/mol. The molecule has 7 nitrogen and oxygen atoms in total. The van der Waals surface area contributed by atoms with Gasteiger partial charge in [-0.1, -0.05) is 12.1 Å². The van der Waals surface area contributed by atoms with Gasteiger partial charge in [0.1, 0.15) is 5.56 Å². The minimum Gasteiger partial charge on any atom is -0.466 e. The summed E-state index contributed by atoms with van der Waals surface area (Å²) in [4.78, 5) is 33.2. The molecule has 1 aromatic carbocycles. The van der Waals surface area contributed by atoms with E-state index in [0.717, 1.165) is 7.11 Å². The van der Waals surface area contributed by atoms with E-state index in [9.17, 15) is 19.7 Å². The van der Waals surface area contributed by atoms with Gasteiger partial charge in [0.05, 0.1) is 25.1 Å². The number of ether oxygens (including phenoxy) is 2. The molecule has 0 saturated heterocycles. The van der Waals surface area contributed by atoms with E-state index in [2.05, 4.69) is 4.74 Å². The van der Waals surface area contributed by atoms with Crippen LogP contribution in [0.3, 0.4) is 0 Å². The zero-order valence-corrected chi connectivity index (χ0v) is 10.5. The highest BCUT2D eigenvalue weighted by Crippen LogP contribution is 2.23. The summed E-state index contributed by atoms with van der Waals surface area (Å²) in [5, 5.41) is 10.9. The molecule has 0 aromatic heterocycles. The number of esters is 2. The molecule has 0 unspecified atom stereocenters. The number of carbonyl (C=O) groups is 2. The van der Waals surface area contributed by atoms with E-state index in [0.29, 0.717) is 0 Å². The molecule has 0 heterocycles. The number of carbonyl (C=O) groups excluding carboxylic acids is 2. The van der Waals surface area contributed by atoms with Crippen molar-refractivity contribution in [1.29, 1.82) is 0 Å². The highest BCUT2D eigenvalue weighted by atomic mass is 16.6. The molecular formula is C12H13NO6. The summed E-state index contributed by atoms with van der Waals surface area (Å²) >= 11 is 0. The topological polar surface area (TPSA) is 95.7 Å². The maximum absolute atomic E-state index is 11.6. The monoisotopic (exact) mass is 267 g/mol. The van der Waals surface area contributed by atoms with Crippen molar-refractivity contribution >= 4 is 17.6 Å². The van der Waals surface area contributed by atoms with Crippen molar-refractivity contribution < 1.29 is 24.0 Å². The van der Waals surface area contributed by atoms with Crippen molar-refractivity contribution in [2.75, 3.05) is 13.7 Å². The van der Waals surface area contributed by atoms with Gasteiger partial charge >= 0.3 is 11.9 Å². The fraction of sp³-hybridized carbons (Fsp3) is 0.333. The van der Waals surface area contributed by atoms with E-state index < -0.39 is 22.5 Å². The number of hydrogen-bond donors (Lipinski definition) is 0. The van der Waals surface area contributed by atoms with Crippen LogP contribution in [0, 0.1) is 10.1 Å². The zero-order chi connectivity index (χ0) is 14.4. The quantitative estimate of drug-likeness (QED) is 0.455. The van der Waals surface area contributed by atoms with Gasteiger partial charge < -0.3 is 9.47 Å². The van der Waals surface area contributed by atoms with Crippen LogP contribution < -0.4 is 0 Å². The lowest BCUT2D eigenvalue weighted by molar-refractivity contribution is -0.385. The molecule has 19 heavy (non-hydrogen) atoms. The van der Waals surface area contributed by atoms with Crippen molar-refractivity contribution in [3.05, 3.63) is 39.4 Å². The minimum absolute atomic E-state index is 0.196. The van der Waals surface area contributed by atoms with Gasteiger partial charge in [0, 0.05) is 6.07 Å². The van der Waals surface area contributed by atoms with E-state index >= 15 is 0 Å². The number of nitrogens with zero attached hydrogens (tertiary/aromatic N) is 1. The van der Waals surface area contributed by atoms with E-state index in [4.69, 9.17) is 4.74 Å². The summed E-state index contributed by atoms with van der Waals surface area (Å²) in [6.45, 7) is 1.84. The van der Waals surface area contributed by atoms with Gasteiger partial charge in [0.2, 0.25) is 0 Å². The molecule has 0 bridgehead atoms. The molecule has 0 fully saturated rings. The SMILES string of the molecule is CCOC(=O)Cc1cccc([N+](=O)[O-])c1C(=O)OC. The summed E-state index contributed by atoms with van der Waals surface area (Å²) in [6.07, 6.45) is -0.222. The van der Waals surface area contributed by atoms with Gasteiger partial charge in [-0.3, -0.25) is 14.9 Å². The second kappa shape index (κ2) is 6.48. The smallest absolute Gasteiger partial charge is 0.345 e. The van der Waals surface area contributed by atoms with Crippen LogP contribution in [0.4, 0.5) is 5.69 Å². The molecule has 0 amide bonds. The Morgan fingerprint density at radius 1 is 1.37 bits per heavy atom. The van der Waals surface area contributed by atoms with Crippen LogP contribution in [-0.2, 0) is 20.7 Å². The molecule has 1 rings (SSSR count). The maximum atomic E-state index is 11.6. The third-order valence-electron chi connectivity index (χ3n) is 2.36. The standard InChI is InChI=1S/C12H13NO6/c1-3-19-10(14)7-8-5-4-6-9(13(16)17)11(8)12(15)18-2/h4-6H,3,7H2,1-2H3. The summed E-state index contributed by atoms with van der Waals surface area (Å²) in [5.41, 5.74) is -0.406. The average Bonchev–Trinajstić information content (AvgIpc) is 2.37. The average molecular weight is 267 g/mol. The first-order valence-corrected chi connectivity index (χ1v) is 5.51. The van der Waals surface area contributed by atoms with Crippen LogP contribution in [0.1, 0.15) is 22.8 Å². The third kappa shape index (κ3) is 3.51. The molecule has 0 N–H and O–H groups in total. The molecule has 1 aromatic rings. The summed E-state index contributed by atoms with van der Waals surface area (Å²) in [6, 6.07) is 4.04. The van der Waals surface area contributed by atoms with E-state index in [1.807, 2.05) is 0 Å². The third-order valence-corrected chi connectivity index (χ3v) is 2.36. The van der Waals surface area contributed by atoms with Gasteiger partial charge in [0.25, 0.3) is 5.69 Å². The summed E-state index contributed by atoms with van der Waals surface area (Å²) < 4.78 is 9.27. The summed E-state index contributed by atoms with van der Waals surface area (Å²) in [7, 11) is 1.12. The Hall–Kier alpha value is -2.44. The van der Waals surface area contributed by atoms with Crippen LogP contribution in [0.25, 0.3) is 0 Å². The van der Waals surface area contributed by atoms with Crippen LogP contribution in [0.2, 0.25) is 0 Å². The molecule has 0 aliphatic carbocycles. The normalized spacial score (nSPS) is 9.79. The largest absolute Gasteiger partial charge is 0.466 e. The molecule has 0 radical (unpaired) electrons. The molecule has 0 aliphatic heterocycles. The number of nitro groups is 1. The zero-order valence-electron chi connectivity index (χ0n) is 10.5. The predicted molar refractivity (Wildman–Crippen MR) is 64.8 cm³/mol. The second-order valence-electron chi connectivity index (χ2n) is 3.54. The number of benzene rings is 1. The van der Waals surface area contributed by atoms with Gasteiger partial charge in [-0.2, -0.15) is 0 Å². The van der Waals surface area contributed by atoms with Crippen LogP contribution >= 0.6 is 0 Å². The Morgan fingerprint density at radius 2 is 2.05 bits per heavy atom. The summed E-state index contributed by atoms with van der Waals surface area (Å²) in [5.74, 6) is -1.42. The maximum Gasteiger partial charge on any atom is 0.345 e. The highest BCUT2D eigenvalue weighted by molar-refractivity contribution is 5.96. The fourth-order valence-electron chi connectivity index (χ4n) is 1.59. The number of rotatable bonds is 5. The number of hydrogen-bond acceptors (Lipinski definition) is 6. The van der Waals surface area contributed by atoms with E-state index in [-0.39, 0.29) is 24.2 Å². The Labute approximate surface area is 109 Å². The molecule has 102 valence electrons. The predicted octanol–water partition coefficient (Wildman–Crippen LogP) is 1.49. The lowest BCUT2D eigenvalue weighted by Gasteiger charge is -2.08. The van der Waals surface area contributed by atoms with Crippen molar-refractivity contribution in [2.45, 2.75) is 13.3 Å². The van der Waals surface area contributed by atoms with Gasteiger partial charge in [0.15, 0.2) is 0 Å². The fourth-order valence-corrected chi connectivity index (χ4v) is 1.59. The molecule has 0 atom stereocenters. The molecule has 0 spiro atoms. The van der Waals surface area contributed by atoms with Crippen molar-refractivity contribution in [1.82, 2.24) is 0 Å². The van der Waals surface area contributed by atoms with Crippen LogP contribution in [-0.4, -0.2) is 30.6 Å². The molecule has 7 heteroatoms. The first kappa shape index (κ1) is 14.6. The Balaban J connectivity index is 3.23. The Morgan fingerprint density at radius 3 is 2.58 bits per heavy atom. The minimum atomic E-state index is -0.855. The van der Waals surface area contributed by atoms with E-state index in [1.54, 1.807) is 6.92 Å². The van der Waals surface area contributed by atoms with Crippen molar-refractivity contribution in [3.8, 4) is 0 Å². The number of methoxy groups -OCH3 is 1. The van der Waals surface area contributed by atoms with Gasteiger partial charge in [-0.05, 0) is 12.5 Å². The number of nitro benzene ring substituents is 1. The Kier molecular flexibility index (Phi) is 4.99. The van der Waals surface area contributed by atoms with E-state index in [1.165, 1.54) is 18.2 Å². The highest BCUT2D eigenvalue weighted by Gasteiger charge is 2.25. The lowest BCUT2D eigenvalue weighted by atomic mass is 10.0. The Bertz CT molecular complexity index is 511. The second-order valence-corrected chi connectivity index (χ2v) is 3.54. The van der Waals surface area contributed by atoms with Crippen LogP contribution in [0.5, 0.6) is 0 Å². The molecule has 0 saturated carbocycles. The lowest BCUT2D eigenvalue weighted by Crippen LogP contribution is -2.14. The van der Waals surface area contributed by atoms with Gasteiger partial charge in [-0.25, -0.2) is 4.79 Å². The van der Waals surface area contributed by atoms with Gasteiger partial charge in [-0.15, -0.1) is 0 Å². The van der Waals surface area contributed by atoms with Crippen molar-refractivity contribution in [2.24, 2.45) is 0 Å².